The molecule has 4 rings (SSSR count). The van der Waals surface area contributed by atoms with Crippen LogP contribution in [-0.2, 0) is 20.9 Å². The number of imide groups is 1. The van der Waals surface area contributed by atoms with Crippen molar-refractivity contribution in [3.8, 4) is 11.5 Å². The summed E-state index contributed by atoms with van der Waals surface area (Å²) in [5.41, 5.74) is 2.35. The molecule has 2 heterocycles. The van der Waals surface area contributed by atoms with Crippen molar-refractivity contribution in [3.63, 3.8) is 0 Å². The molecule has 0 N–H and O–H groups in total. The molecule has 7 heteroatoms. The molecule has 7 nitrogen and oxygen atoms in total. The molecule has 0 atom stereocenters. The van der Waals surface area contributed by atoms with E-state index in [1.807, 2.05) is 60.4 Å². The SMILES string of the molecule is CCCOc1ccc(C2=C(N3CCOCC3)C(=O)N(Cc3ccccc3OC)C2=O)cc1. The van der Waals surface area contributed by atoms with Gasteiger partial charge < -0.3 is 19.1 Å². The molecule has 0 unspecified atom stereocenters. The Kier molecular flexibility index (Phi) is 6.75. The largest absolute Gasteiger partial charge is 0.496 e. The first-order valence-corrected chi connectivity index (χ1v) is 10.9. The number of benzene rings is 2. The van der Waals surface area contributed by atoms with Crippen LogP contribution in [0.2, 0.25) is 0 Å². The molecule has 2 aromatic carbocycles. The van der Waals surface area contributed by atoms with Gasteiger partial charge in [-0.2, -0.15) is 0 Å². The molecule has 168 valence electrons. The topological polar surface area (TPSA) is 68.3 Å². The first-order valence-electron chi connectivity index (χ1n) is 10.9. The van der Waals surface area contributed by atoms with Crippen LogP contribution >= 0.6 is 0 Å². The van der Waals surface area contributed by atoms with Crippen molar-refractivity contribution >= 4 is 17.4 Å². The Labute approximate surface area is 188 Å². The first-order chi connectivity index (χ1) is 15.6. The Morgan fingerprint density at radius 3 is 2.38 bits per heavy atom. The van der Waals surface area contributed by atoms with Crippen molar-refractivity contribution in [3.05, 3.63) is 65.4 Å². The molecule has 0 spiro atoms. The maximum Gasteiger partial charge on any atom is 0.278 e. The van der Waals surface area contributed by atoms with Gasteiger partial charge in [0, 0.05) is 18.7 Å². The maximum atomic E-state index is 13.5. The number of ether oxygens (including phenoxy) is 3. The standard InChI is InChI=1S/C25H28N2O5/c1-3-14-32-20-10-8-18(9-11-20)22-23(26-12-15-31-16-13-26)25(29)27(24(22)28)17-19-6-4-5-7-21(19)30-2/h4-11H,3,12-17H2,1-2H3. The van der Waals surface area contributed by atoms with Crippen molar-refractivity contribution in [2.75, 3.05) is 40.0 Å². The number of methoxy groups -OCH3 is 1. The minimum absolute atomic E-state index is 0.150. The first kappa shape index (κ1) is 21.9. The van der Waals surface area contributed by atoms with Crippen LogP contribution in [0.3, 0.4) is 0 Å². The number of amides is 2. The van der Waals surface area contributed by atoms with Crippen LogP contribution in [0.15, 0.2) is 54.2 Å². The van der Waals surface area contributed by atoms with Crippen LogP contribution in [0.1, 0.15) is 24.5 Å². The summed E-state index contributed by atoms with van der Waals surface area (Å²) in [5.74, 6) is 0.799. The maximum absolute atomic E-state index is 13.5. The highest BCUT2D eigenvalue weighted by Gasteiger charge is 2.42. The third-order valence-electron chi connectivity index (χ3n) is 5.61. The lowest BCUT2D eigenvalue weighted by Crippen LogP contribution is -2.40. The number of hydrogen-bond acceptors (Lipinski definition) is 6. The molecule has 2 aromatic rings. The summed E-state index contributed by atoms with van der Waals surface area (Å²) in [6.45, 7) is 5.01. The zero-order chi connectivity index (χ0) is 22.5. The van der Waals surface area contributed by atoms with Gasteiger partial charge in [-0.25, -0.2) is 0 Å². The molecule has 0 radical (unpaired) electrons. The van der Waals surface area contributed by atoms with Crippen LogP contribution in [0.5, 0.6) is 11.5 Å². The second kappa shape index (κ2) is 9.87. The number of para-hydroxylation sites is 1. The molecule has 32 heavy (non-hydrogen) atoms. The fraction of sp³-hybridized carbons (Fsp3) is 0.360. The summed E-state index contributed by atoms with van der Waals surface area (Å²) in [6, 6.07) is 14.8. The Hall–Kier alpha value is -3.32. The van der Waals surface area contributed by atoms with E-state index in [1.54, 1.807) is 7.11 Å². The van der Waals surface area contributed by atoms with Gasteiger partial charge in [0.1, 0.15) is 17.2 Å². The number of rotatable bonds is 8. The van der Waals surface area contributed by atoms with Crippen molar-refractivity contribution in [2.45, 2.75) is 19.9 Å². The van der Waals surface area contributed by atoms with Gasteiger partial charge in [0.05, 0.1) is 39.0 Å². The molecule has 2 aliphatic heterocycles. The van der Waals surface area contributed by atoms with E-state index in [2.05, 4.69) is 0 Å². The van der Waals surface area contributed by atoms with Gasteiger partial charge in [-0.05, 0) is 30.2 Å². The summed E-state index contributed by atoms with van der Waals surface area (Å²) in [5, 5.41) is 0. The molecule has 0 saturated carbocycles. The average molecular weight is 437 g/mol. The Morgan fingerprint density at radius 2 is 1.69 bits per heavy atom. The number of morpholine rings is 1. The lowest BCUT2D eigenvalue weighted by atomic mass is 10.0. The number of hydrogen-bond donors (Lipinski definition) is 0. The highest BCUT2D eigenvalue weighted by Crippen LogP contribution is 2.34. The molecular formula is C25H28N2O5. The quantitative estimate of drug-likeness (QED) is 0.593. The molecule has 2 aliphatic rings. The second-order valence-electron chi connectivity index (χ2n) is 7.70. The second-order valence-corrected chi connectivity index (χ2v) is 7.70. The van der Waals surface area contributed by atoms with Gasteiger partial charge in [-0.15, -0.1) is 0 Å². The number of nitrogens with zero attached hydrogens (tertiary/aromatic N) is 2. The van der Waals surface area contributed by atoms with Crippen molar-refractivity contribution in [1.29, 1.82) is 0 Å². The molecule has 1 fully saturated rings. The van der Waals surface area contributed by atoms with Gasteiger partial charge in [0.15, 0.2) is 0 Å². The van der Waals surface area contributed by atoms with E-state index in [-0.39, 0.29) is 18.4 Å². The Balaban J connectivity index is 1.69. The molecule has 0 aromatic heterocycles. The Bertz CT molecular complexity index is 1010. The van der Waals surface area contributed by atoms with Crippen LogP contribution in [0.25, 0.3) is 5.57 Å². The average Bonchev–Trinajstić information content (AvgIpc) is 3.08. The minimum atomic E-state index is -0.301. The third kappa shape index (κ3) is 4.34. The molecule has 1 saturated heterocycles. The van der Waals surface area contributed by atoms with Gasteiger partial charge in [-0.1, -0.05) is 37.3 Å². The lowest BCUT2D eigenvalue weighted by molar-refractivity contribution is -0.138. The Morgan fingerprint density at radius 1 is 0.969 bits per heavy atom. The predicted molar refractivity (Wildman–Crippen MR) is 120 cm³/mol. The zero-order valence-electron chi connectivity index (χ0n) is 18.5. The summed E-state index contributed by atoms with van der Waals surface area (Å²) in [7, 11) is 1.58. The van der Waals surface area contributed by atoms with E-state index in [0.717, 1.165) is 17.7 Å². The van der Waals surface area contributed by atoms with Gasteiger partial charge in [-0.3, -0.25) is 14.5 Å². The summed E-state index contributed by atoms with van der Waals surface area (Å²) < 4.78 is 16.6. The van der Waals surface area contributed by atoms with Crippen LogP contribution in [0.4, 0.5) is 0 Å². The van der Waals surface area contributed by atoms with Crippen molar-refractivity contribution in [2.24, 2.45) is 0 Å². The number of carbonyl (C=O) groups is 2. The fourth-order valence-electron chi connectivity index (χ4n) is 3.99. The normalized spacial score (nSPS) is 16.7. The lowest BCUT2D eigenvalue weighted by Gasteiger charge is -2.29. The van der Waals surface area contributed by atoms with Crippen LogP contribution < -0.4 is 9.47 Å². The molecule has 0 bridgehead atoms. The van der Waals surface area contributed by atoms with Crippen LogP contribution in [0, 0.1) is 0 Å². The predicted octanol–water partition coefficient (Wildman–Crippen LogP) is 3.10. The van der Waals surface area contributed by atoms with E-state index < -0.39 is 0 Å². The fourth-order valence-corrected chi connectivity index (χ4v) is 3.99. The van der Waals surface area contributed by atoms with E-state index >= 15 is 0 Å². The van der Waals surface area contributed by atoms with E-state index in [1.165, 1.54) is 4.90 Å². The monoisotopic (exact) mass is 436 g/mol. The highest BCUT2D eigenvalue weighted by atomic mass is 16.5. The summed E-state index contributed by atoms with van der Waals surface area (Å²) in [4.78, 5) is 30.3. The van der Waals surface area contributed by atoms with Gasteiger partial charge in [0.2, 0.25) is 0 Å². The van der Waals surface area contributed by atoms with E-state index in [4.69, 9.17) is 14.2 Å². The molecule has 0 aliphatic carbocycles. The molecular weight excluding hydrogens is 408 g/mol. The van der Waals surface area contributed by atoms with Crippen molar-refractivity contribution < 1.29 is 23.8 Å². The zero-order valence-corrected chi connectivity index (χ0v) is 18.5. The van der Waals surface area contributed by atoms with E-state index in [9.17, 15) is 9.59 Å². The van der Waals surface area contributed by atoms with Crippen molar-refractivity contribution in [1.82, 2.24) is 9.80 Å². The van der Waals surface area contributed by atoms with Gasteiger partial charge in [0.25, 0.3) is 11.8 Å². The number of carbonyl (C=O) groups excluding carboxylic acids is 2. The summed E-state index contributed by atoms with van der Waals surface area (Å²) in [6.07, 6.45) is 0.916. The van der Waals surface area contributed by atoms with E-state index in [0.29, 0.717) is 55.5 Å². The minimum Gasteiger partial charge on any atom is -0.496 e. The smallest absolute Gasteiger partial charge is 0.278 e. The van der Waals surface area contributed by atoms with Gasteiger partial charge >= 0.3 is 0 Å². The third-order valence-corrected chi connectivity index (χ3v) is 5.61. The molecule has 2 amide bonds. The summed E-state index contributed by atoms with van der Waals surface area (Å²) >= 11 is 0. The van der Waals surface area contributed by atoms with Crippen LogP contribution in [-0.4, -0.2) is 61.6 Å². The highest BCUT2D eigenvalue weighted by molar-refractivity contribution is 6.35.